The highest BCUT2D eigenvalue weighted by molar-refractivity contribution is 5.85. The first-order valence-corrected chi connectivity index (χ1v) is 8.15. The summed E-state index contributed by atoms with van der Waals surface area (Å²) in [6, 6.07) is 0. The molecule has 3 rings (SSSR count). The van der Waals surface area contributed by atoms with Gasteiger partial charge in [0.25, 0.3) is 0 Å². The highest BCUT2D eigenvalue weighted by Crippen LogP contribution is 2.38. The normalized spacial score (nSPS) is 32.4. The quantitative estimate of drug-likeness (QED) is 0.850. The molecule has 1 aliphatic carbocycles. The van der Waals surface area contributed by atoms with E-state index in [2.05, 4.69) is 17.1 Å². The second-order valence-electron chi connectivity index (χ2n) is 7.30. The van der Waals surface area contributed by atoms with Gasteiger partial charge in [-0.1, -0.05) is 13.3 Å². The molecule has 2 heterocycles. The Kier molecular flexibility index (Phi) is 5.36. The van der Waals surface area contributed by atoms with Crippen molar-refractivity contribution in [3.63, 3.8) is 0 Å². The third-order valence-corrected chi connectivity index (χ3v) is 5.78. The van der Waals surface area contributed by atoms with E-state index in [1.165, 1.54) is 51.6 Å². The van der Waals surface area contributed by atoms with Crippen molar-refractivity contribution in [2.75, 3.05) is 26.2 Å². The van der Waals surface area contributed by atoms with E-state index in [0.717, 1.165) is 25.4 Å². The highest BCUT2D eigenvalue weighted by Gasteiger charge is 2.38. The Morgan fingerprint density at radius 3 is 2.55 bits per heavy atom. The summed E-state index contributed by atoms with van der Waals surface area (Å²) in [7, 11) is 0. The van der Waals surface area contributed by atoms with Crippen LogP contribution in [0.2, 0.25) is 0 Å². The molecule has 1 N–H and O–H groups in total. The van der Waals surface area contributed by atoms with Gasteiger partial charge in [-0.15, -0.1) is 12.4 Å². The Balaban J connectivity index is 0.00000147. The predicted molar refractivity (Wildman–Crippen MR) is 84.1 cm³/mol. The van der Waals surface area contributed by atoms with Crippen molar-refractivity contribution in [1.29, 1.82) is 0 Å². The summed E-state index contributed by atoms with van der Waals surface area (Å²) in [5.74, 6) is 1.94. The zero-order chi connectivity index (χ0) is 13.3. The van der Waals surface area contributed by atoms with E-state index in [-0.39, 0.29) is 12.4 Å². The van der Waals surface area contributed by atoms with E-state index in [0.29, 0.717) is 17.2 Å². The van der Waals surface area contributed by atoms with Gasteiger partial charge < -0.3 is 10.2 Å². The van der Waals surface area contributed by atoms with E-state index in [1.807, 2.05) is 0 Å². The number of hydrogen-bond acceptors (Lipinski definition) is 2. The molecular weight excluding hydrogens is 272 g/mol. The number of nitrogens with zero attached hydrogens (tertiary/aromatic N) is 1. The fraction of sp³-hybridized carbons (Fsp3) is 0.938. The summed E-state index contributed by atoms with van der Waals surface area (Å²) >= 11 is 0. The lowest BCUT2D eigenvalue weighted by Crippen LogP contribution is -2.44. The van der Waals surface area contributed by atoms with Crippen molar-refractivity contribution in [3.05, 3.63) is 0 Å². The number of halogens is 1. The van der Waals surface area contributed by atoms with Gasteiger partial charge in [0.15, 0.2) is 0 Å². The first kappa shape index (κ1) is 16.1. The van der Waals surface area contributed by atoms with Crippen molar-refractivity contribution in [3.8, 4) is 0 Å². The van der Waals surface area contributed by atoms with Crippen LogP contribution >= 0.6 is 12.4 Å². The molecule has 3 fully saturated rings. The van der Waals surface area contributed by atoms with Gasteiger partial charge in [-0.3, -0.25) is 4.79 Å². The third kappa shape index (κ3) is 3.48. The molecule has 1 spiro atoms. The zero-order valence-corrected chi connectivity index (χ0v) is 13.5. The Labute approximate surface area is 129 Å². The SMILES string of the molecule is CC1CCC(CC(=O)N2CCC3(CCNC3)CC2)C1.Cl. The van der Waals surface area contributed by atoms with E-state index in [9.17, 15) is 4.79 Å². The largest absolute Gasteiger partial charge is 0.343 e. The summed E-state index contributed by atoms with van der Waals surface area (Å²) in [6.45, 7) is 6.68. The Morgan fingerprint density at radius 1 is 1.25 bits per heavy atom. The van der Waals surface area contributed by atoms with Gasteiger partial charge in [0.05, 0.1) is 0 Å². The van der Waals surface area contributed by atoms with Crippen LogP contribution < -0.4 is 5.32 Å². The van der Waals surface area contributed by atoms with Gasteiger partial charge in [-0.2, -0.15) is 0 Å². The molecule has 0 aromatic heterocycles. The van der Waals surface area contributed by atoms with E-state index in [4.69, 9.17) is 0 Å². The topological polar surface area (TPSA) is 32.3 Å². The predicted octanol–water partition coefficient (Wildman–Crippen LogP) is 2.84. The second-order valence-corrected chi connectivity index (χ2v) is 7.30. The van der Waals surface area contributed by atoms with E-state index in [1.54, 1.807) is 0 Å². The van der Waals surface area contributed by atoms with E-state index >= 15 is 0 Å². The zero-order valence-electron chi connectivity index (χ0n) is 12.7. The van der Waals surface area contributed by atoms with Gasteiger partial charge in [0.1, 0.15) is 0 Å². The van der Waals surface area contributed by atoms with Crippen LogP contribution in [0, 0.1) is 17.3 Å². The molecule has 0 radical (unpaired) electrons. The smallest absolute Gasteiger partial charge is 0.222 e. The van der Waals surface area contributed by atoms with Gasteiger partial charge in [0.2, 0.25) is 5.91 Å². The fourth-order valence-electron chi connectivity index (χ4n) is 4.34. The van der Waals surface area contributed by atoms with Crippen LogP contribution in [0.3, 0.4) is 0 Å². The van der Waals surface area contributed by atoms with Gasteiger partial charge in [-0.25, -0.2) is 0 Å². The first-order chi connectivity index (χ1) is 9.17. The van der Waals surface area contributed by atoms with Crippen molar-refractivity contribution in [2.45, 2.75) is 51.9 Å². The molecule has 1 amide bonds. The standard InChI is InChI=1S/C16H28N2O.ClH/c1-13-2-3-14(10-13)11-15(19)18-8-5-16(6-9-18)4-7-17-12-16;/h13-14,17H,2-12H2,1H3;1H. The molecule has 2 aliphatic heterocycles. The van der Waals surface area contributed by atoms with Crippen molar-refractivity contribution in [1.82, 2.24) is 10.2 Å². The number of carbonyl (C=O) groups is 1. The number of carbonyl (C=O) groups excluding carboxylic acids is 1. The molecule has 2 saturated heterocycles. The lowest BCUT2D eigenvalue weighted by atomic mass is 9.77. The number of rotatable bonds is 2. The van der Waals surface area contributed by atoms with Crippen LogP contribution in [0.15, 0.2) is 0 Å². The molecule has 2 atom stereocenters. The molecule has 1 saturated carbocycles. The maximum absolute atomic E-state index is 12.4. The number of nitrogens with one attached hydrogen (secondary N) is 1. The van der Waals surface area contributed by atoms with Crippen LogP contribution in [0.4, 0.5) is 0 Å². The molecule has 0 aromatic rings. The lowest BCUT2D eigenvalue weighted by Gasteiger charge is -2.39. The summed E-state index contributed by atoms with van der Waals surface area (Å²) in [5.41, 5.74) is 0.526. The van der Waals surface area contributed by atoms with Crippen molar-refractivity contribution in [2.24, 2.45) is 17.3 Å². The summed E-state index contributed by atoms with van der Waals surface area (Å²) < 4.78 is 0. The number of amides is 1. The minimum absolute atomic E-state index is 0. The number of likely N-dealkylation sites (tertiary alicyclic amines) is 1. The molecule has 20 heavy (non-hydrogen) atoms. The Bertz CT molecular complexity index is 331. The first-order valence-electron chi connectivity index (χ1n) is 8.15. The summed E-state index contributed by atoms with van der Waals surface area (Å²) in [5, 5.41) is 3.49. The van der Waals surface area contributed by atoms with Crippen LogP contribution in [0.5, 0.6) is 0 Å². The molecular formula is C16H29ClN2O. The van der Waals surface area contributed by atoms with Crippen LogP contribution in [-0.2, 0) is 4.79 Å². The Morgan fingerprint density at radius 2 is 2.00 bits per heavy atom. The molecule has 0 aromatic carbocycles. The average Bonchev–Trinajstić information content (AvgIpc) is 3.00. The van der Waals surface area contributed by atoms with Crippen molar-refractivity contribution < 1.29 is 4.79 Å². The van der Waals surface area contributed by atoms with Crippen LogP contribution in [0.25, 0.3) is 0 Å². The Hall–Kier alpha value is -0.280. The van der Waals surface area contributed by atoms with Gasteiger partial charge in [0, 0.05) is 26.1 Å². The van der Waals surface area contributed by atoms with Gasteiger partial charge in [-0.05, 0) is 55.9 Å². The number of piperidine rings is 1. The van der Waals surface area contributed by atoms with Crippen molar-refractivity contribution >= 4 is 18.3 Å². The summed E-state index contributed by atoms with van der Waals surface area (Å²) in [6.07, 6.45) is 8.43. The number of hydrogen-bond donors (Lipinski definition) is 1. The fourth-order valence-corrected chi connectivity index (χ4v) is 4.34. The lowest BCUT2D eigenvalue weighted by molar-refractivity contribution is -0.134. The third-order valence-electron chi connectivity index (χ3n) is 5.78. The minimum Gasteiger partial charge on any atom is -0.343 e. The van der Waals surface area contributed by atoms with Crippen LogP contribution in [-0.4, -0.2) is 37.0 Å². The highest BCUT2D eigenvalue weighted by atomic mass is 35.5. The van der Waals surface area contributed by atoms with Gasteiger partial charge >= 0.3 is 0 Å². The minimum atomic E-state index is 0. The molecule has 3 aliphatic rings. The average molecular weight is 301 g/mol. The molecule has 2 unspecified atom stereocenters. The van der Waals surface area contributed by atoms with E-state index < -0.39 is 0 Å². The maximum Gasteiger partial charge on any atom is 0.222 e. The second kappa shape index (κ2) is 6.65. The summed E-state index contributed by atoms with van der Waals surface area (Å²) in [4.78, 5) is 14.5. The maximum atomic E-state index is 12.4. The monoisotopic (exact) mass is 300 g/mol. The molecule has 3 nitrogen and oxygen atoms in total. The molecule has 0 bridgehead atoms. The molecule has 4 heteroatoms. The molecule has 116 valence electrons. The van der Waals surface area contributed by atoms with Crippen LogP contribution in [0.1, 0.15) is 51.9 Å².